The van der Waals surface area contributed by atoms with Crippen LogP contribution in [0.4, 0.5) is 0 Å². The van der Waals surface area contributed by atoms with Gasteiger partial charge in [0, 0.05) is 39.0 Å². The Morgan fingerprint density at radius 1 is 1.31 bits per heavy atom. The van der Waals surface area contributed by atoms with Gasteiger partial charge >= 0.3 is 5.97 Å². The van der Waals surface area contributed by atoms with Crippen molar-refractivity contribution in [1.82, 2.24) is 9.80 Å². The normalized spacial score (nSPS) is 27.6. The summed E-state index contributed by atoms with van der Waals surface area (Å²) in [5, 5.41) is 0. The Balaban J connectivity index is 1.99. The van der Waals surface area contributed by atoms with Gasteiger partial charge in [0.2, 0.25) is 0 Å². The number of hydrogen-bond acceptors (Lipinski definition) is 5. The number of carbonyl (C=O) groups excluding carboxylic acids is 1. The minimum Gasteiger partial charge on any atom is -0.452 e. The number of piperidine rings is 1. The molecular formula is C21H28N2O3. The van der Waals surface area contributed by atoms with E-state index in [4.69, 9.17) is 15.9 Å². The first-order valence-electron chi connectivity index (χ1n) is 9.44. The number of esters is 1. The van der Waals surface area contributed by atoms with Gasteiger partial charge in [-0.2, -0.15) is 0 Å². The zero-order chi connectivity index (χ0) is 18.4. The van der Waals surface area contributed by atoms with Crippen LogP contribution >= 0.6 is 0 Å². The molecule has 0 radical (unpaired) electrons. The summed E-state index contributed by atoms with van der Waals surface area (Å²) in [6.07, 6.45) is 6.67. The molecule has 2 unspecified atom stereocenters. The van der Waals surface area contributed by atoms with E-state index in [-0.39, 0.29) is 12.0 Å². The van der Waals surface area contributed by atoms with Gasteiger partial charge in [-0.3, -0.25) is 14.6 Å². The van der Waals surface area contributed by atoms with E-state index in [2.05, 4.69) is 27.9 Å². The van der Waals surface area contributed by atoms with E-state index >= 15 is 0 Å². The Bertz CT molecular complexity index is 636. The second-order valence-electron chi connectivity index (χ2n) is 6.94. The van der Waals surface area contributed by atoms with E-state index in [1.807, 2.05) is 25.1 Å². The van der Waals surface area contributed by atoms with Gasteiger partial charge < -0.3 is 9.47 Å². The molecule has 0 aliphatic carbocycles. The average Bonchev–Trinajstić information content (AvgIpc) is 2.70. The van der Waals surface area contributed by atoms with Crippen LogP contribution in [0.1, 0.15) is 25.3 Å². The molecule has 140 valence electrons. The van der Waals surface area contributed by atoms with Crippen molar-refractivity contribution in [2.75, 3.05) is 45.9 Å². The highest BCUT2D eigenvalue weighted by Crippen LogP contribution is 2.40. The van der Waals surface area contributed by atoms with Crippen molar-refractivity contribution in [3.05, 3.63) is 35.9 Å². The van der Waals surface area contributed by atoms with Crippen molar-refractivity contribution in [1.29, 1.82) is 0 Å². The zero-order valence-electron chi connectivity index (χ0n) is 15.5. The topological polar surface area (TPSA) is 42.0 Å². The van der Waals surface area contributed by atoms with Gasteiger partial charge in [-0.05, 0) is 5.56 Å². The van der Waals surface area contributed by atoms with Crippen LogP contribution in [0.25, 0.3) is 0 Å². The van der Waals surface area contributed by atoms with Crippen LogP contribution < -0.4 is 0 Å². The molecule has 0 bridgehead atoms. The van der Waals surface area contributed by atoms with E-state index in [0.29, 0.717) is 26.2 Å². The molecule has 0 saturated carbocycles. The summed E-state index contributed by atoms with van der Waals surface area (Å²) >= 11 is 0. The van der Waals surface area contributed by atoms with Crippen LogP contribution in [0.2, 0.25) is 0 Å². The predicted molar refractivity (Wildman–Crippen MR) is 101 cm³/mol. The number of likely N-dealkylation sites (tertiary alicyclic amines) is 1. The molecule has 0 aromatic heterocycles. The minimum atomic E-state index is -0.642. The number of ether oxygens (including phenoxy) is 2. The number of carbonyl (C=O) groups is 1. The molecule has 26 heavy (non-hydrogen) atoms. The van der Waals surface area contributed by atoms with E-state index < -0.39 is 5.60 Å². The second-order valence-corrected chi connectivity index (χ2v) is 6.94. The van der Waals surface area contributed by atoms with Gasteiger partial charge in [0.15, 0.2) is 5.60 Å². The molecule has 1 aromatic carbocycles. The lowest BCUT2D eigenvalue weighted by atomic mass is 9.79. The Labute approximate surface area is 156 Å². The summed E-state index contributed by atoms with van der Waals surface area (Å²) in [4.78, 5) is 17.1. The molecule has 0 amide bonds. The molecule has 2 fully saturated rings. The third-order valence-corrected chi connectivity index (χ3v) is 5.42. The fourth-order valence-corrected chi connectivity index (χ4v) is 4.06. The lowest BCUT2D eigenvalue weighted by Gasteiger charge is -2.51. The summed E-state index contributed by atoms with van der Waals surface area (Å²) in [6.45, 7) is 7.16. The number of morpholine rings is 1. The first-order valence-corrected chi connectivity index (χ1v) is 9.44. The molecule has 2 aliphatic heterocycles. The lowest BCUT2D eigenvalue weighted by molar-refractivity contribution is -0.182. The fraction of sp³-hybridized carbons (Fsp3) is 0.571. The highest BCUT2D eigenvalue weighted by atomic mass is 16.6. The molecule has 1 aromatic rings. The van der Waals surface area contributed by atoms with Crippen molar-refractivity contribution < 1.29 is 14.3 Å². The Kier molecular flexibility index (Phi) is 6.31. The van der Waals surface area contributed by atoms with Crippen molar-refractivity contribution in [3.63, 3.8) is 0 Å². The smallest absolute Gasteiger partial charge is 0.306 e. The van der Waals surface area contributed by atoms with Crippen molar-refractivity contribution in [2.24, 2.45) is 0 Å². The first kappa shape index (κ1) is 18.9. The minimum absolute atomic E-state index is 0.0615. The van der Waals surface area contributed by atoms with Gasteiger partial charge in [-0.25, -0.2) is 0 Å². The highest BCUT2D eigenvalue weighted by molar-refractivity contribution is 5.70. The van der Waals surface area contributed by atoms with Crippen LogP contribution in [-0.2, 0) is 19.9 Å². The number of rotatable bonds is 5. The van der Waals surface area contributed by atoms with Crippen molar-refractivity contribution >= 4 is 5.97 Å². The van der Waals surface area contributed by atoms with Crippen LogP contribution in [0.5, 0.6) is 0 Å². The fourth-order valence-electron chi connectivity index (χ4n) is 4.06. The number of nitrogens with zero attached hydrogens (tertiary/aromatic N) is 2. The van der Waals surface area contributed by atoms with Crippen molar-refractivity contribution in [2.45, 2.75) is 31.4 Å². The van der Waals surface area contributed by atoms with Crippen LogP contribution in [0.15, 0.2) is 30.3 Å². The van der Waals surface area contributed by atoms with Gasteiger partial charge in [0.1, 0.15) is 0 Å². The van der Waals surface area contributed by atoms with Crippen molar-refractivity contribution in [3.8, 4) is 12.3 Å². The summed E-state index contributed by atoms with van der Waals surface area (Å²) in [6, 6.07) is 10.2. The maximum absolute atomic E-state index is 12.4. The van der Waals surface area contributed by atoms with Crippen LogP contribution in [0.3, 0.4) is 0 Å². The van der Waals surface area contributed by atoms with Gasteiger partial charge in [-0.15, -0.1) is 6.42 Å². The Hall–Kier alpha value is -1.87. The summed E-state index contributed by atoms with van der Waals surface area (Å²) in [5.41, 5.74) is 0.426. The van der Waals surface area contributed by atoms with E-state index in [1.54, 1.807) is 0 Å². The third-order valence-electron chi connectivity index (χ3n) is 5.42. The second kappa shape index (κ2) is 8.68. The molecule has 2 heterocycles. The monoisotopic (exact) mass is 356 g/mol. The van der Waals surface area contributed by atoms with Gasteiger partial charge in [-0.1, -0.05) is 43.2 Å². The maximum atomic E-state index is 12.4. The lowest BCUT2D eigenvalue weighted by Crippen LogP contribution is -2.63. The van der Waals surface area contributed by atoms with Crippen LogP contribution in [0, 0.1) is 12.3 Å². The van der Waals surface area contributed by atoms with E-state index in [1.165, 1.54) is 0 Å². The standard InChI is InChI=1S/C21H28N2O3/c1-3-11-22-12-10-21(26-20(24)4-2,18-8-6-5-7-9-18)19(17-22)23-13-15-25-16-14-23/h1,5-9,19H,4,10-17H2,2H3. The molecule has 3 rings (SSSR count). The highest BCUT2D eigenvalue weighted by Gasteiger charge is 2.50. The predicted octanol–water partition coefficient (Wildman–Crippen LogP) is 1.87. The SMILES string of the molecule is C#CCN1CCC(OC(=O)CC)(c2ccccc2)C(N2CCOCC2)C1. The molecule has 0 spiro atoms. The Morgan fingerprint density at radius 2 is 2.04 bits per heavy atom. The quantitative estimate of drug-likeness (QED) is 0.595. The van der Waals surface area contributed by atoms with Crippen LogP contribution in [-0.4, -0.2) is 67.7 Å². The molecular weight excluding hydrogens is 328 g/mol. The van der Waals surface area contributed by atoms with E-state index in [9.17, 15) is 4.79 Å². The summed E-state index contributed by atoms with van der Waals surface area (Å²) in [7, 11) is 0. The Morgan fingerprint density at radius 3 is 2.69 bits per heavy atom. The summed E-state index contributed by atoms with van der Waals surface area (Å²) < 4.78 is 11.8. The zero-order valence-corrected chi connectivity index (χ0v) is 15.5. The molecule has 0 N–H and O–H groups in total. The molecule has 5 heteroatoms. The number of benzene rings is 1. The van der Waals surface area contributed by atoms with Gasteiger partial charge in [0.05, 0.1) is 25.8 Å². The molecule has 5 nitrogen and oxygen atoms in total. The number of hydrogen-bond donors (Lipinski definition) is 0. The molecule has 2 saturated heterocycles. The summed E-state index contributed by atoms with van der Waals surface area (Å²) in [5.74, 6) is 2.60. The maximum Gasteiger partial charge on any atom is 0.306 e. The third kappa shape index (κ3) is 3.93. The first-order chi connectivity index (χ1) is 12.7. The molecule has 2 atom stereocenters. The average molecular weight is 356 g/mol. The largest absolute Gasteiger partial charge is 0.452 e. The number of terminal acetylenes is 1. The van der Waals surface area contributed by atoms with Gasteiger partial charge in [0.25, 0.3) is 0 Å². The van der Waals surface area contributed by atoms with E-state index in [0.717, 1.165) is 38.2 Å². The molecule has 2 aliphatic rings.